The predicted molar refractivity (Wildman–Crippen MR) is 109 cm³/mol. The molecule has 0 bridgehead atoms. The minimum absolute atomic E-state index is 0.341. The van der Waals surface area contributed by atoms with Crippen LogP contribution >= 0.6 is 0 Å². The summed E-state index contributed by atoms with van der Waals surface area (Å²) in [6, 6.07) is 8.44. The summed E-state index contributed by atoms with van der Waals surface area (Å²) in [5, 5.41) is 6.85. The number of benzene rings is 1. The Kier molecular flexibility index (Phi) is 7.13. The van der Waals surface area contributed by atoms with Crippen LogP contribution in [-0.4, -0.2) is 13.1 Å². The molecule has 0 aliphatic rings. The fourth-order valence-corrected chi connectivity index (χ4v) is 2.25. The van der Waals surface area contributed by atoms with Crippen molar-refractivity contribution in [3.63, 3.8) is 0 Å². The molecule has 0 heterocycles. The Morgan fingerprint density at radius 1 is 0.708 bits per heavy atom. The van der Waals surface area contributed by atoms with Crippen LogP contribution in [0.25, 0.3) is 11.4 Å². The van der Waals surface area contributed by atoms with Crippen molar-refractivity contribution in [2.45, 2.75) is 54.4 Å². The van der Waals surface area contributed by atoms with Gasteiger partial charge < -0.3 is 10.6 Å². The van der Waals surface area contributed by atoms with Gasteiger partial charge in [-0.2, -0.15) is 0 Å². The van der Waals surface area contributed by atoms with Crippen LogP contribution in [0.5, 0.6) is 0 Å². The lowest BCUT2D eigenvalue weighted by Gasteiger charge is -2.20. The fraction of sp³-hybridized carbons (Fsp3) is 0.545. The third kappa shape index (κ3) is 8.24. The van der Waals surface area contributed by atoms with Gasteiger partial charge in [0.2, 0.25) is 0 Å². The van der Waals surface area contributed by atoms with Gasteiger partial charge in [0.25, 0.3) is 0 Å². The van der Waals surface area contributed by atoms with E-state index in [1.54, 1.807) is 0 Å². The van der Waals surface area contributed by atoms with Crippen LogP contribution in [0.4, 0.5) is 0 Å². The molecule has 0 fully saturated rings. The molecule has 2 N–H and O–H groups in total. The zero-order chi connectivity index (χ0) is 18.4. The average molecular weight is 329 g/mol. The Balaban J connectivity index is 2.50. The van der Waals surface area contributed by atoms with E-state index < -0.39 is 0 Å². The van der Waals surface area contributed by atoms with Crippen molar-refractivity contribution < 1.29 is 0 Å². The molecule has 0 radical (unpaired) electrons. The third-order valence-corrected chi connectivity index (χ3v) is 4.01. The minimum Gasteiger partial charge on any atom is -0.385 e. The summed E-state index contributed by atoms with van der Waals surface area (Å²) in [5.74, 6) is 0. The molecule has 0 aliphatic heterocycles. The zero-order valence-electron chi connectivity index (χ0n) is 16.6. The molecule has 24 heavy (non-hydrogen) atoms. The van der Waals surface area contributed by atoms with E-state index in [0.29, 0.717) is 10.8 Å². The summed E-state index contributed by atoms with van der Waals surface area (Å²) in [6.45, 7) is 23.7. The Morgan fingerprint density at radius 3 is 1.25 bits per heavy atom. The Hall–Kier alpha value is -1.70. The van der Waals surface area contributed by atoms with E-state index in [2.05, 4.69) is 89.6 Å². The summed E-state index contributed by atoms with van der Waals surface area (Å²) in [6.07, 6.45) is 2.25. The van der Waals surface area contributed by atoms with Crippen LogP contribution in [0.1, 0.15) is 65.5 Å². The molecule has 0 aromatic heterocycles. The van der Waals surface area contributed by atoms with E-state index >= 15 is 0 Å². The molecule has 0 spiro atoms. The maximum atomic E-state index is 4.15. The summed E-state index contributed by atoms with van der Waals surface area (Å²) in [4.78, 5) is 0. The van der Waals surface area contributed by atoms with Crippen molar-refractivity contribution in [2.75, 3.05) is 13.1 Å². The zero-order valence-corrected chi connectivity index (χ0v) is 16.6. The number of hydrogen-bond acceptors (Lipinski definition) is 2. The van der Waals surface area contributed by atoms with Gasteiger partial charge in [0.05, 0.1) is 0 Å². The first-order valence-corrected chi connectivity index (χ1v) is 8.94. The first kappa shape index (κ1) is 20.3. The standard InChI is InChI=1S/C22H36N2/c1-17(23-15-13-21(3,4)5)19-9-11-20(12-10-19)18(2)24-16-14-22(6,7)8/h9-12,23-24H,1-2,13-16H2,3-8H3. The van der Waals surface area contributed by atoms with Crippen molar-refractivity contribution in [1.82, 2.24) is 10.6 Å². The van der Waals surface area contributed by atoms with E-state index in [1.807, 2.05) is 0 Å². The molecule has 0 atom stereocenters. The van der Waals surface area contributed by atoms with E-state index in [4.69, 9.17) is 0 Å². The van der Waals surface area contributed by atoms with Gasteiger partial charge in [-0.05, 0) is 34.8 Å². The highest BCUT2D eigenvalue weighted by Crippen LogP contribution is 2.20. The maximum Gasteiger partial charge on any atom is 0.0340 e. The molecule has 2 heteroatoms. The number of nitrogens with one attached hydrogen (secondary N) is 2. The highest BCUT2D eigenvalue weighted by atomic mass is 14.9. The Bertz CT molecular complexity index is 488. The number of hydrogen-bond donors (Lipinski definition) is 2. The average Bonchev–Trinajstić information content (AvgIpc) is 2.44. The van der Waals surface area contributed by atoms with Gasteiger partial charge in [0, 0.05) is 24.5 Å². The van der Waals surface area contributed by atoms with Gasteiger partial charge in [-0.3, -0.25) is 0 Å². The van der Waals surface area contributed by atoms with Crippen LogP contribution in [0.2, 0.25) is 0 Å². The van der Waals surface area contributed by atoms with Crippen LogP contribution in [-0.2, 0) is 0 Å². The van der Waals surface area contributed by atoms with Crippen molar-refractivity contribution in [1.29, 1.82) is 0 Å². The molecule has 0 saturated heterocycles. The SMILES string of the molecule is C=C(NCCC(C)(C)C)c1ccc(C(=C)NCCC(C)(C)C)cc1. The molecule has 0 unspecified atom stereocenters. The summed E-state index contributed by atoms with van der Waals surface area (Å²) in [7, 11) is 0. The Morgan fingerprint density at radius 2 is 1.00 bits per heavy atom. The molecular formula is C22H36N2. The first-order chi connectivity index (χ1) is 11.0. The lowest BCUT2D eigenvalue weighted by molar-refractivity contribution is 0.376. The van der Waals surface area contributed by atoms with Crippen LogP contribution in [0.15, 0.2) is 37.4 Å². The summed E-state index contributed by atoms with van der Waals surface area (Å²) < 4.78 is 0. The summed E-state index contributed by atoms with van der Waals surface area (Å²) >= 11 is 0. The fourth-order valence-electron chi connectivity index (χ4n) is 2.25. The van der Waals surface area contributed by atoms with Crippen molar-refractivity contribution >= 4 is 11.4 Å². The second-order valence-electron chi connectivity index (χ2n) is 9.01. The predicted octanol–water partition coefficient (Wildman–Crippen LogP) is 5.68. The van der Waals surface area contributed by atoms with Crippen LogP contribution < -0.4 is 10.6 Å². The second kappa shape index (κ2) is 8.41. The largest absolute Gasteiger partial charge is 0.385 e. The van der Waals surface area contributed by atoms with Gasteiger partial charge in [-0.25, -0.2) is 0 Å². The molecular weight excluding hydrogens is 292 g/mol. The molecule has 0 aliphatic carbocycles. The highest BCUT2D eigenvalue weighted by Gasteiger charge is 2.11. The van der Waals surface area contributed by atoms with Gasteiger partial charge in [-0.1, -0.05) is 79.0 Å². The topological polar surface area (TPSA) is 24.1 Å². The van der Waals surface area contributed by atoms with E-state index in [1.165, 1.54) is 0 Å². The van der Waals surface area contributed by atoms with Crippen LogP contribution in [0.3, 0.4) is 0 Å². The van der Waals surface area contributed by atoms with E-state index in [-0.39, 0.29) is 0 Å². The smallest absolute Gasteiger partial charge is 0.0340 e. The van der Waals surface area contributed by atoms with E-state index in [0.717, 1.165) is 48.5 Å². The lowest BCUT2D eigenvalue weighted by atomic mass is 9.92. The number of rotatable bonds is 8. The molecule has 0 amide bonds. The third-order valence-electron chi connectivity index (χ3n) is 4.01. The lowest BCUT2D eigenvalue weighted by Crippen LogP contribution is -2.19. The first-order valence-electron chi connectivity index (χ1n) is 8.94. The summed E-state index contributed by atoms with van der Waals surface area (Å²) in [5.41, 5.74) is 4.92. The normalized spacial score (nSPS) is 11.9. The minimum atomic E-state index is 0.341. The van der Waals surface area contributed by atoms with Gasteiger partial charge in [-0.15, -0.1) is 0 Å². The maximum absolute atomic E-state index is 4.15. The molecule has 2 nitrogen and oxygen atoms in total. The monoisotopic (exact) mass is 328 g/mol. The molecule has 1 rings (SSSR count). The molecule has 1 aromatic rings. The van der Waals surface area contributed by atoms with Crippen molar-refractivity contribution in [2.24, 2.45) is 10.8 Å². The van der Waals surface area contributed by atoms with Gasteiger partial charge in [0.15, 0.2) is 0 Å². The quantitative estimate of drug-likeness (QED) is 0.641. The highest BCUT2D eigenvalue weighted by molar-refractivity contribution is 5.67. The van der Waals surface area contributed by atoms with Gasteiger partial charge >= 0.3 is 0 Å². The van der Waals surface area contributed by atoms with Gasteiger partial charge in [0.1, 0.15) is 0 Å². The van der Waals surface area contributed by atoms with E-state index in [9.17, 15) is 0 Å². The van der Waals surface area contributed by atoms with Crippen molar-refractivity contribution in [3.05, 3.63) is 48.6 Å². The Labute approximate surface area is 149 Å². The molecule has 1 aromatic carbocycles. The van der Waals surface area contributed by atoms with Crippen LogP contribution in [0, 0.1) is 10.8 Å². The molecule has 0 saturated carbocycles. The second-order valence-corrected chi connectivity index (χ2v) is 9.01. The van der Waals surface area contributed by atoms with Crippen molar-refractivity contribution in [3.8, 4) is 0 Å². The molecule has 134 valence electrons.